The molecule has 0 saturated carbocycles. The molecular formula is C23H21N5O5. The molecule has 0 atom stereocenters. The van der Waals surface area contributed by atoms with E-state index in [9.17, 15) is 19.7 Å². The summed E-state index contributed by atoms with van der Waals surface area (Å²) in [6.07, 6.45) is 3.39. The fourth-order valence-corrected chi connectivity index (χ4v) is 4.25. The van der Waals surface area contributed by atoms with E-state index >= 15 is 0 Å². The number of amides is 1. The SMILES string of the molecule is O=C(CCCn1c(=O)oc2cc([N+](=O)[O-])ccc21)Nc1c2c(nn1-c1ccccc1)CCC2. The monoisotopic (exact) mass is 447 g/mol. The number of aromatic nitrogens is 3. The lowest BCUT2D eigenvalue weighted by Crippen LogP contribution is -2.18. The Hall–Kier alpha value is -4.21. The molecule has 168 valence electrons. The summed E-state index contributed by atoms with van der Waals surface area (Å²) in [7, 11) is 0. The van der Waals surface area contributed by atoms with E-state index in [2.05, 4.69) is 5.32 Å². The fourth-order valence-electron chi connectivity index (χ4n) is 4.25. The zero-order valence-electron chi connectivity index (χ0n) is 17.7. The second kappa shape index (κ2) is 8.38. The molecule has 2 aromatic heterocycles. The van der Waals surface area contributed by atoms with Crippen LogP contribution in [0.2, 0.25) is 0 Å². The third-order valence-corrected chi connectivity index (χ3v) is 5.81. The number of nitrogens with one attached hydrogen (secondary N) is 1. The summed E-state index contributed by atoms with van der Waals surface area (Å²) in [4.78, 5) is 35.3. The van der Waals surface area contributed by atoms with Crippen LogP contribution in [-0.2, 0) is 24.2 Å². The number of nitro groups is 1. The minimum absolute atomic E-state index is 0.148. The molecule has 2 heterocycles. The van der Waals surface area contributed by atoms with Crippen molar-refractivity contribution < 1.29 is 14.1 Å². The summed E-state index contributed by atoms with van der Waals surface area (Å²) in [5.74, 6) is -0.0684. The van der Waals surface area contributed by atoms with Crippen LogP contribution < -0.4 is 11.1 Å². The highest BCUT2D eigenvalue weighted by Crippen LogP contribution is 2.31. The van der Waals surface area contributed by atoms with Crippen LogP contribution in [0.3, 0.4) is 0 Å². The summed E-state index contributed by atoms with van der Waals surface area (Å²) in [5.41, 5.74) is 3.44. The van der Waals surface area contributed by atoms with Gasteiger partial charge in [-0.05, 0) is 43.9 Å². The third-order valence-electron chi connectivity index (χ3n) is 5.81. The van der Waals surface area contributed by atoms with Gasteiger partial charge in [0.15, 0.2) is 5.58 Å². The number of non-ortho nitro benzene ring substituents is 1. The van der Waals surface area contributed by atoms with Gasteiger partial charge in [-0.3, -0.25) is 19.5 Å². The predicted octanol–water partition coefficient (Wildman–Crippen LogP) is 3.60. The van der Waals surface area contributed by atoms with Gasteiger partial charge in [0.1, 0.15) is 5.82 Å². The number of nitrogens with zero attached hydrogens (tertiary/aromatic N) is 4. The molecule has 0 radical (unpaired) electrons. The Morgan fingerprint density at radius 2 is 2.00 bits per heavy atom. The number of benzene rings is 2. The lowest BCUT2D eigenvalue weighted by Gasteiger charge is -2.11. The standard InChI is InChI=1S/C23H21N5O5/c29-21(10-5-13-26-19-12-11-16(28(31)32)14-20(19)33-23(26)30)24-22-17-8-4-9-18(17)25-27(22)15-6-2-1-3-7-15/h1-3,6-7,11-12,14H,4-5,8-10,13H2,(H,24,29). The van der Waals surface area contributed by atoms with Crippen LogP contribution in [0.25, 0.3) is 16.8 Å². The summed E-state index contributed by atoms with van der Waals surface area (Å²) >= 11 is 0. The molecule has 5 rings (SSSR count). The van der Waals surface area contributed by atoms with E-state index in [4.69, 9.17) is 9.52 Å². The average molecular weight is 447 g/mol. The molecule has 0 fully saturated rings. The van der Waals surface area contributed by atoms with Gasteiger partial charge in [0, 0.05) is 24.6 Å². The molecule has 0 unspecified atom stereocenters. The molecule has 0 bridgehead atoms. The van der Waals surface area contributed by atoms with E-state index < -0.39 is 10.7 Å². The maximum atomic E-state index is 12.8. The molecule has 10 nitrogen and oxygen atoms in total. The number of aryl methyl sites for hydroxylation is 2. The molecule has 0 spiro atoms. The molecule has 10 heteroatoms. The van der Waals surface area contributed by atoms with E-state index in [1.165, 1.54) is 22.8 Å². The molecule has 4 aromatic rings. The number of carbonyl (C=O) groups excluding carboxylic acids is 1. The second-order valence-electron chi connectivity index (χ2n) is 7.96. The van der Waals surface area contributed by atoms with Crippen molar-refractivity contribution in [3.05, 3.63) is 80.5 Å². The van der Waals surface area contributed by atoms with Gasteiger partial charge in [-0.15, -0.1) is 0 Å². The number of nitro benzene ring substituents is 1. The van der Waals surface area contributed by atoms with Crippen LogP contribution in [0.15, 0.2) is 57.7 Å². The topological polar surface area (TPSA) is 125 Å². The van der Waals surface area contributed by atoms with Crippen molar-refractivity contribution in [1.29, 1.82) is 0 Å². The van der Waals surface area contributed by atoms with Crippen molar-refractivity contribution in [2.24, 2.45) is 0 Å². The van der Waals surface area contributed by atoms with Gasteiger partial charge in [0.25, 0.3) is 5.69 Å². The van der Waals surface area contributed by atoms with E-state index in [0.717, 1.165) is 36.2 Å². The molecular weight excluding hydrogens is 426 g/mol. The van der Waals surface area contributed by atoms with Crippen molar-refractivity contribution >= 4 is 28.5 Å². The number of rotatable bonds is 7. The van der Waals surface area contributed by atoms with Gasteiger partial charge in [0.05, 0.1) is 27.9 Å². The van der Waals surface area contributed by atoms with Gasteiger partial charge in [-0.1, -0.05) is 18.2 Å². The van der Waals surface area contributed by atoms with E-state index in [1.54, 1.807) is 4.68 Å². The van der Waals surface area contributed by atoms with Crippen LogP contribution in [0.1, 0.15) is 30.5 Å². The average Bonchev–Trinajstić information content (AvgIpc) is 3.48. The molecule has 1 aliphatic carbocycles. The molecule has 33 heavy (non-hydrogen) atoms. The maximum Gasteiger partial charge on any atom is 0.419 e. The van der Waals surface area contributed by atoms with Crippen molar-refractivity contribution in [2.75, 3.05) is 5.32 Å². The number of hydrogen-bond donors (Lipinski definition) is 1. The Morgan fingerprint density at radius 3 is 2.79 bits per heavy atom. The van der Waals surface area contributed by atoms with Crippen LogP contribution >= 0.6 is 0 Å². The van der Waals surface area contributed by atoms with Gasteiger partial charge in [-0.25, -0.2) is 9.48 Å². The Labute approximate surface area is 187 Å². The van der Waals surface area contributed by atoms with E-state index in [0.29, 0.717) is 17.8 Å². The summed E-state index contributed by atoms with van der Waals surface area (Å²) in [6.45, 7) is 0.257. The number of para-hydroxylation sites is 1. The zero-order valence-corrected chi connectivity index (χ0v) is 17.7. The molecule has 0 aliphatic heterocycles. The highest BCUT2D eigenvalue weighted by Gasteiger charge is 2.24. The molecule has 2 aromatic carbocycles. The first kappa shape index (κ1) is 20.7. The van der Waals surface area contributed by atoms with Gasteiger partial charge in [-0.2, -0.15) is 5.10 Å². The van der Waals surface area contributed by atoms with Crippen LogP contribution in [0.4, 0.5) is 11.5 Å². The number of hydrogen-bond acceptors (Lipinski definition) is 6. The predicted molar refractivity (Wildman–Crippen MR) is 121 cm³/mol. The van der Waals surface area contributed by atoms with Gasteiger partial charge in [0.2, 0.25) is 5.91 Å². The number of fused-ring (bicyclic) bond motifs is 2. The first-order valence-electron chi connectivity index (χ1n) is 10.7. The van der Waals surface area contributed by atoms with Crippen molar-refractivity contribution in [3.63, 3.8) is 0 Å². The number of carbonyl (C=O) groups is 1. The largest absolute Gasteiger partial charge is 0.419 e. The quantitative estimate of drug-likeness (QED) is 0.341. The lowest BCUT2D eigenvalue weighted by molar-refractivity contribution is -0.384. The normalized spacial score (nSPS) is 12.7. The first-order valence-corrected chi connectivity index (χ1v) is 10.7. The van der Waals surface area contributed by atoms with Crippen molar-refractivity contribution in [3.8, 4) is 5.69 Å². The Kier molecular flexibility index (Phi) is 5.25. The molecule has 1 aliphatic rings. The van der Waals surface area contributed by atoms with E-state index in [1.807, 2.05) is 30.3 Å². The highest BCUT2D eigenvalue weighted by atomic mass is 16.6. The lowest BCUT2D eigenvalue weighted by atomic mass is 10.2. The molecule has 1 amide bonds. The van der Waals surface area contributed by atoms with Crippen LogP contribution in [0.5, 0.6) is 0 Å². The smallest absolute Gasteiger partial charge is 0.407 e. The third kappa shape index (κ3) is 3.91. The second-order valence-corrected chi connectivity index (χ2v) is 7.96. The zero-order chi connectivity index (χ0) is 22.9. The minimum Gasteiger partial charge on any atom is -0.407 e. The Balaban J connectivity index is 1.29. The van der Waals surface area contributed by atoms with Crippen molar-refractivity contribution in [1.82, 2.24) is 14.3 Å². The minimum atomic E-state index is -0.606. The van der Waals surface area contributed by atoms with Gasteiger partial charge >= 0.3 is 5.76 Å². The summed E-state index contributed by atoms with van der Waals surface area (Å²) in [6, 6.07) is 13.7. The molecule has 0 saturated heterocycles. The number of oxazole rings is 1. The Bertz CT molecular complexity index is 1420. The van der Waals surface area contributed by atoms with Crippen molar-refractivity contribution in [2.45, 2.75) is 38.6 Å². The fraction of sp³-hybridized carbons (Fsp3) is 0.261. The van der Waals surface area contributed by atoms with Gasteiger partial charge < -0.3 is 9.73 Å². The van der Waals surface area contributed by atoms with E-state index in [-0.39, 0.29) is 30.1 Å². The summed E-state index contributed by atoms with van der Waals surface area (Å²) < 4.78 is 8.31. The maximum absolute atomic E-state index is 12.8. The molecule has 1 N–H and O–H groups in total. The number of anilines is 1. The first-order chi connectivity index (χ1) is 16.0. The highest BCUT2D eigenvalue weighted by molar-refractivity contribution is 5.91. The summed E-state index contributed by atoms with van der Waals surface area (Å²) in [5, 5.41) is 18.6. The van der Waals surface area contributed by atoms with Crippen LogP contribution in [-0.4, -0.2) is 25.2 Å². The Morgan fingerprint density at radius 1 is 1.18 bits per heavy atom. The van der Waals surface area contributed by atoms with Crippen LogP contribution in [0, 0.1) is 10.1 Å².